The number of aromatic amines is 1. The van der Waals surface area contributed by atoms with Gasteiger partial charge in [-0.3, -0.25) is 4.79 Å². The van der Waals surface area contributed by atoms with Gasteiger partial charge in [-0.2, -0.15) is 0 Å². The summed E-state index contributed by atoms with van der Waals surface area (Å²) in [5.74, 6) is 0.493. The number of aromatic nitrogens is 4. The number of hydrogen-bond donors (Lipinski definition) is 2. The minimum Gasteiger partial charge on any atom is -0.378 e. The summed E-state index contributed by atoms with van der Waals surface area (Å²) in [5.41, 5.74) is 3.29. The highest BCUT2D eigenvalue weighted by atomic mass is 32.2. The fourth-order valence-corrected chi connectivity index (χ4v) is 4.04. The van der Waals surface area contributed by atoms with Crippen molar-refractivity contribution < 1.29 is 4.74 Å². The van der Waals surface area contributed by atoms with Crippen LogP contribution in [0.4, 0.5) is 17.2 Å². The normalized spacial score (nSPS) is 14.0. The van der Waals surface area contributed by atoms with Crippen LogP contribution in [0.5, 0.6) is 0 Å². The number of nitrogens with zero attached hydrogens (tertiary/aromatic N) is 4. The molecule has 32 heavy (non-hydrogen) atoms. The predicted molar refractivity (Wildman–Crippen MR) is 128 cm³/mol. The zero-order chi connectivity index (χ0) is 21.9. The summed E-state index contributed by atoms with van der Waals surface area (Å²) >= 11 is 1.48. The molecule has 0 radical (unpaired) electrons. The van der Waals surface area contributed by atoms with E-state index >= 15 is 0 Å². The molecule has 1 fully saturated rings. The maximum Gasteiger partial charge on any atom is 0.259 e. The molecule has 5 rings (SSSR count). The molecule has 4 heterocycles. The summed E-state index contributed by atoms with van der Waals surface area (Å²) in [6, 6.07) is 11.9. The summed E-state index contributed by atoms with van der Waals surface area (Å²) in [6.07, 6.45) is 7.08. The lowest BCUT2D eigenvalue weighted by atomic mass is 10.1. The van der Waals surface area contributed by atoms with Gasteiger partial charge >= 0.3 is 0 Å². The van der Waals surface area contributed by atoms with E-state index in [9.17, 15) is 4.79 Å². The first-order valence-corrected chi connectivity index (χ1v) is 11.5. The lowest BCUT2D eigenvalue weighted by Gasteiger charge is -2.28. The first-order chi connectivity index (χ1) is 15.7. The molecule has 0 amide bonds. The van der Waals surface area contributed by atoms with Crippen molar-refractivity contribution in [2.24, 2.45) is 0 Å². The molecule has 0 bridgehead atoms. The number of benzene rings is 1. The number of ether oxygens (including phenoxy) is 1. The van der Waals surface area contributed by atoms with Crippen molar-refractivity contribution in [1.29, 1.82) is 0 Å². The molecule has 0 spiro atoms. The van der Waals surface area contributed by atoms with Crippen LogP contribution >= 0.6 is 11.8 Å². The minimum atomic E-state index is -0.192. The molecule has 1 aliphatic heterocycles. The topological polar surface area (TPSA) is 96.0 Å². The molecule has 4 aromatic rings. The number of morpholine rings is 1. The largest absolute Gasteiger partial charge is 0.378 e. The van der Waals surface area contributed by atoms with Crippen LogP contribution in [0.15, 0.2) is 64.9 Å². The Morgan fingerprint density at radius 3 is 2.56 bits per heavy atom. The van der Waals surface area contributed by atoms with Crippen molar-refractivity contribution in [3.05, 3.63) is 65.3 Å². The molecule has 3 aromatic heterocycles. The zero-order valence-electron chi connectivity index (χ0n) is 17.5. The second-order valence-corrected chi connectivity index (χ2v) is 8.13. The van der Waals surface area contributed by atoms with E-state index < -0.39 is 0 Å². The summed E-state index contributed by atoms with van der Waals surface area (Å²) in [7, 11) is 0. The molecule has 1 aromatic carbocycles. The summed E-state index contributed by atoms with van der Waals surface area (Å²) in [6.45, 7) is 3.25. The van der Waals surface area contributed by atoms with Crippen molar-refractivity contribution in [1.82, 2.24) is 19.9 Å². The molecule has 0 saturated carbocycles. The first-order valence-electron chi connectivity index (χ1n) is 10.3. The van der Waals surface area contributed by atoms with Crippen molar-refractivity contribution in [3.8, 4) is 11.3 Å². The monoisotopic (exact) mass is 446 g/mol. The van der Waals surface area contributed by atoms with Gasteiger partial charge in [-0.1, -0.05) is 11.8 Å². The minimum absolute atomic E-state index is 0.192. The summed E-state index contributed by atoms with van der Waals surface area (Å²) in [5, 5.41) is 5.33. The third-order valence-corrected chi connectivity index (χ3v) is 5.94. The van der Waals surface area contributed by atoms with Crippen LogP contribution in [0.3, 0.4) is 0 Å². The van der Waals surface area contributed by atoms with E-state index in [1.165, 1.54) is 11.8 Å². The Balaban J connectivity index is 1.51. The van der Waals surface area contributed by atoms with Gasteiger partial charge in [0.15, 0.2) is 5.16 Å². The Hall–Kier alpha value is -3.43. The quantitative estimate of drug-likeness (QED) is 0.354. The van der Waals surface area contributed by atoms with Gasteiger partial charge in [0, 0.05) is 48.6 Å². The van der Waals surface area contributed by atoms with E-state index in [4.69, 9.17) is 9.72 Å². The third kappa shape index (κ3) is 4.17. The molecule has 9 heteroatoms. The molecule has 2 N–H and O–H groups in total. The van der Waals surface area contributed by atoms with Gasteiger partial charge in [0.2, 0.25) is 0 Å². The molecular formula is C23H22N6O2S. The first kappa shape index (κ1) is 20.5. The van der Waals surface area contributed by atoms with Gasteiger partial charge in [0.25, 0.3) is 5.56 Å². The second kappa shape index (κ2) is 8.97. The Bertz CT molecular complexity index is 1280. The highest BCUT2D eigenvalue weighted by Gasteiger charge is 2.14. The third-order valence-electron chi connectivity index (χ3n) is 5.37. The van der Waals surface area contributed by atoms with Crippen molar-refractivity contribution >= 4 is 39.7 Å². The highest BCUT2D eigenvalue weighted by molar-refractivity contribution is 7.98. The van der Waals surface area contributed by atoms with Gasteiger partial charge < -0.3 is 19.9 Å². The number of thioether (sulfide) groups is 1. The van der Waals surface area contributed by atoms with Crippen LogP contribution in [-0.4, -0.2) is 52.5 Å². The van der Waals surface area contributed by atoms with E-state index in [0.29, 0.717) is 22.1 Å². The van der Waals surface area contributed by atoms with E-state index in [1.54, 1.807) is 18.6 Å². The predicted octanol–water partition coefficient (Wildman–Crippen LogP) is 3.68. The molecule has 1 aliphatic rings. The van der Waals surface area contributed by atoms with Crippen LogP contribution in [0.2, 0.25) is 0 Å². The van der Waals surface area contributed by atoms with Crippen molar-refractivity contribution in [2.75, 3.05) is 42.8 Å². The molecule has 0 aliphatic carbocycles. The fourth-order valence-electron chi connectivity index (χ4n) is 3.72. The molecule has 1 saturated heterocycles. The summed E-state index contributed by atoms with van der Waals surface area (Å²) in [4.78, 5) is 31.1. The summed E-state index contributed by atoms with van der Waals surface area (Å²) < 4.78 is 5.43. The number of rotatable bonds is 5. The maximum absolute atomic E-state index is 12.6. The maximum atomic E-state index is 12.6. The number of pyridine rings is 2. The highest BCUT2D eigenvalue weighted by Crippen LogP contribution is 2.28. The number of hydrogen-bond acceptors (Lipinski definition) is 8. The van der Waals surface area contributed by atoms with Crippen LogP contribution < -0.4 is 15.8 Å². The Kier molecular flexibility index (Phi) is 5.74. The fraction of sp³-hybridized carbons (Fsp3) is 0.217. The van der Waals surface area contributed by atoms with E-state index in [0.717, 1.165) is 48.6 Å². The van der Waals surface area contributed by atoms with Crippen LogP contribution in [0.25, 0.3) is 22.0 Å². The zero-order valence-corrected chi connectivity index (χ0v) is 18.4. The van der Waals surface area contributed by atoms with Gasteiger partial charge in [-0.15, -0.1) is 0 Å². The van der Waals surface area contributed by atoms with E-state index in [2.05, 4.69) is 37.3 Å². The van der Waals surface area contributed by atoms with Gasteiger partial charge in [0.1, 0.15) is 5.82 Å². The average Bonchev–Trinajstić information content (AvgIpc) is 2.85. The molecule has 8 nitrogen and oxygen atoms in total. The van der Waals surface area contributed by atoms with Crippen molar-refractivity contribution in [3.63, 3.8) is 0 Å². The van der Waals surface area contributed by atoms with E-state index in [-0.39, 0.29) is 5.56 Å². The van der Waals surface area contributed by atoms with Gasteiger partial charge in [0.05, 0.1) is 24.3 Å². The second-order valence-electron chi connectivity index (χ2n) is 7.36. The number of fused-ring (bicyclic) bond motifs is 1. The van der Waals surface area contributed by atoms with Crippen LogP contribution in [0.1, 0.15) is 0 Å². The average molecular weight is 447 g/mol. The molecular weight excluding hydrogens is 424 g/mol. The Morgan fingerprint density at radius 2 is 1.84 bits per heavy atom. The number of anilines is 3. The van der Waals surface area contributed by atoms with Crippen LogP contribution in [0, 0.1) is 0 Å². The number of H-pyrrole nitrogens is 1. The lowest BCUT2D eigenvalue weighted by molar-refractivity contribution is 0.122. The standard InChI is InChI=1S/C23H22N6O2S/c1-32-23-25-13-16(14-26-23)19-12-15-6-7-24-22(30)20(15)21(28-19)27-17-2-4-18(5-3-17)29-8-10-31-11-9-29/h2-7,12-14H,8-11H2,1H3,(H,24,30)(H,27,28). The lowest BCUT2D eigenvalue weighted by Crippen LogP contribution is -2.36. The SMILES string of the molecule is CSc1ncc(-c2cc3cc[nH]c(=O)c3c(Nc3ccc(N4CCOCC4)cc3)n2)cn1. The Labute approximate surface area is 189 Å². The van der Waals surface area contributed by atoms with E-state index in [1.807, 2.05) is 30.5 Å². The molecule has 0 unspecified atom stereocenters. The smallest absolute Gasteiger partial charge is 0.259 e. The number of nitrogens with one attached hydrogen (secondary N) is 2. The molecule has 162 valence electrons. The van der Waals surface area contributed by atoms with Crippen molar-refractivity contribution in [2.45, 2.75) is 5.16 Å². The van der Waals surface area contributed by atoms with Gasteiger partial charge in [-0.25, -0.2) is 15.0 Å². The van der Waals surface area contributed by atoms with Gasteiger partial charge in [-0.05, 0) is 48.0 Å². The van der Waals surface area contributed by atoms with Crippen LogP contribution in [-0.2, 0) is 4.74 Å². The molecule has 0 atom stereocenters. The Morgan fingerprint density at radius 1 is 1.09 bits per heavy atom.